The van der Waals surface area contributed by atoms with Gasteiger partial charge in [-0.05, 0) is 52.2 Å². The second-order valence-corrected chi connectivity index (χ2v) is 7.10. The predicted molar refractivity (Wildman–Crippen MR) is 78.9 cm³/mol. The van der Waals surface area contributed by atoms with Gasteiger partial charge in [-0.2, -0.15) is 0 Å². The van der Waals surface area contributed by atoms with E-state index >= 15 is 0 Å². The summed E-state index contributed by atoms with van der Waals surface area (Å²) in [5.74, 6) is 0. The van der Waals surface area contributed by atoms with Crippen molar-refractivity contribution in [2.45, 2.75) is 76.0 Å². The summed E-state index contributed by atoms with van der Waals surface area (Å²) in [5, 5.41) is 0. The SMILES string of the molecule is CC1=CC2CCC(C1)N2C1=CC2CCCC(C1)N2C. The minimum Gasteiger partial charge on any atom is -0.365 e. The number of hydrogen-bond donors (Lipinski definition) is 0. The highest BCUT2D eigenvalue weighted by Crippen LogP contribution is 2.42. The highest BCUT2D eigenvalue weighted by atomic mass is 15.3. The van der Waals surface area contributed by atoms with Crippen molar-refractivity contribution in [3.8, 4) is 0 Å². The fourth-order valence-electron chi connectivity index (χ4n) is 4.90. The molecule has 4 unspecified atom stereocenters. The van der Waals surface area contributed by atoms with E-state index in [4.69, 9.17) is 0 Å². The lowest BCUT2D eigenvalue weighted by molar-refractivity contribution is 0.108. The van der Waals surface area contributed by atoms with Crippen LogP contribution >= 0.6 is 0 Å². The maximum Gasteiger partial charge on any atom is 0.0476 e. The van der Waals surface area contributed by atoms with Crippen molar-refractivity contribution < 1.29 is 0 Å². The number of likely N-dealkylation sites (N-methyl/N-ethyl adjacent to an activating group) is 1. The Kier molecular flexibility index (Phi) is 2.77. The van der Waals surface area contributed by atoms with Crippen molar-refractivity contribution in [2.24, 2.45) is 0 Å². The lowest BCUT2D eigenvalue weighted by Gasteiger charge is -2.47. The van der Waals surface area contributed by atoms with Crippen LogP contribution in [0, 0.1) is 0 Å². The van der Waals surface area contributed by atoms with Crippen molar-refractivity contribution in [1.82, 2.24) is 9.80 Å². The van der Waals surface area contributed by atoms with E-state index in [0.717, 1.165) is 12.1 Å². The Labute approximate surface area is 117 Å². The number of fused-ring (bicyclic) bond motifs is 4. The molecule has 104 valence electrons. The smallest absolute Gasteiger partial charge is 0.0476 e. The highest BCUT2D eigenvalue weighted by Gasteiger charge is 2.40. The average Bonchev–Trinajstić information content (AvgIpc) is 2.62. The zero-order chi connectivity index (χ0) is 13.0. The molecule has 2 fully saturated rings. The van der Waals surface area contributed by atoms with Gasteiger partial charge in [0, 0.05) is 36.3 Å². The third-order valence-electron chi connectivity index (χ3n) is 5.88. The van der Waals surface area contributed by atoms with Gasteiger partial charge in [0.2, 0.25) is 0 Å². The molecule has 19 heavy (non-hydrogen) atoms. The molecule has 2 heteroatoms. The standard InChI is InChI=1S/C17H26N2/c1-12-8-15-6-7-16(9-12)19(15)17-10-13-4-3-5-14(11-17)18(13)2/h8,10,13-16H,3-7,9,11H2,1-2H3. The van der Waals surface area contributed by atoms with E-state index in [-0.39, 0.29) is 0 Å². The first kappa shape index (κ1) is 12.0. The van der Waals surface area contributed by atoms with Gasteiger partial charge in [0.05, 0.1) is 0 Å². The molecule has 4 rings (SSSR count). The molecule has 0 aromatic rings. The van der Waals surface area contributed by atoms with Crippen LogP contribution in [0.25, 0.3) is 0 Å². The van der Waals surface area contributed by atoms with E-state index in [1.165, 1.54) is 44.9 Å². The van der Waals surface area contributed by atoms with Crippen molar-refractivity contribution in [3.05, 3.63) is 23.4 Å². The number of hydrogen-bond acceptors (Lipinski definition) is 2. The molecular weight excluding hydrogens is 232 g/mol. The average molecular weight is 258 g/mol. The van der Waals surface area contributed by atoms with Gasteiger partial charge in [0.15, 0.2) is 0 Å². The molecule has 0 saturated carbocycles. The van der Waals surface area contributed by atoms with Gasteiger partial charge in [0.25, 0.3) is 0 Å². The number of piperidine rings is 1. The summed E-state index contributed by atoms with van der Waals surface area (Å²) in [6.07, 6.45) is 14.7. The Bertz CT molecular complexity index is 437. The third kappa shape index (κ3) is 1.87. The van der Waals surface area contributed by atoms with Gasteiger partial charge >= 0.3 is 0 Å². The topological polar surface area (TPSA) is 6.48 Å². The third-order valence-corrected chi connectivity index (χ3v) is 5.88. The highest BCUT2D eigenvalue weighted by molar-refractivity contribution is 5.25. The summed E-state index contributed by atoms with van der Waals surface area (Å²) in [6, 6.07) is 3.05. The molecule has 2 saturated heterocycles. The minimum atomic E-state index is 0.717. The summed E-state index contributed by atoms with van der Waals surface area (Å²) in [4.78, 5) is 5.42. The summed E-state index contributed by atoms with van der Waals surface area (Å²) < 4.78 is 0. The lowest BCUT2D eigenvalue weighted by Crippen LogP contribution is -2.49. The Morgan fingerprint density at radius 1 is 0.947 bits per heavy atom. The number of rotatable bonds is 1. The molecule has 4 aliphatic heterocycles. The quantitative estimate of drug-likeness (QED) is 0.666. The molecule has 0 aromatic heterocycles. The van der Waals surface area contributed by atoms with Gasteiger partial charge in [0.1, 0.15) is 0 Å². The Balaban J connectivity index is 1.63. The van der Waals surface area contributed by atoms with Crippen LogP contribution in [0.3, 0.4) is 0 Å². The van der Waals surface area contributed by atoms with E-state index in [1.54, 1.807) is 11.3 Å². The second-order valence-electron chi connectivity index (χ2n) is 7.10. The molecule has 0 aliphatic carbocycles. The van der Waals surface area contributed by atoms with Crippen molar-refractivity contribution >= 4 is 0 Å². The van der Waals surface area contributed by atoms with E-state index in [1.807, 2.05) is 0 Å². The fraction of sp³-hybridized carbons (Fsp3) is 0.765. The normalized spacial score (nSPS) is 42.1. The van der Waals surface area contributed by atoms with Crippen molar-refractivity contribution in [3.63, 3.8) is 0 Å². The first-order chi connectivity index (χ1) is 9.22. The molecule has 4 bridgehead atoms. The molecule has 0 spiro atoms. The van der Waals surface area contributed by atoms with Gasteiger partial charge in [-0.15, -0.1) is 0 Å². The Morgan fingerprint density at radius 3 is 2.63 bits per heavy atom. The molecule has 0 amide bonds. The Hall–Kier alpha value is -0.760. The predicted octanol–water partition coefficient (Wildman–Crippen LogP) is 3.31. The monoisotopic (exact) mass is 258 g/mol. The fourth-order valence-corrected chi connectivity index (χ4v) is 4.90. The molecule has 2 nitrogen and oxygen atoms in total. The molecule has 0 N–H and O–H groups in total. The zero-order valence-electron chi connectivity index (χ0n) is 12.3. The zero-order valence-corrected chi connectivity index (χ0v) is 12.3. The van der Waals surface area contributed by atoms with Crippen molar-refractivity contribution in [2.75, 3.05) is 7.05 Å². The van der Waals surface area contributed by atoms with Crippen molar-refractivity contribution in [1.29, 1.82) is 0 Å². The molecule has 0 radical (unpaired) electrons. The van der Waals surface area contributed by atoms with Gasteiger partial charge in [-0.3, -0.25) is 4.90 Å². The van der Waals surface area contributed by atoms with Crippen LogP contribution < -0.4 is 0 Å². The van der Waals surface area contributed by atoms with Crippen LogP contribution in [0.4, 0.5) is 0 Å². The molecular formula is C17H26N2. The first-order valence-electron chi connectivity index (χ1n) is 8.10. The van der Waals surface area contributed by atoms with Crippen LogP contribution in [-0.2, 0) is 0 Å². The van der Waals surface area contributed by atoms with Crippen LogP contribution in [0.2, 0.25) is 0 Å². The van der Waals surface area contributed by atoms with Crippen LogP contribution in [0.15, 0.2) is 23.4 Å². The van der Waals surface area contributed by atoms with Gasteiger partial charge in [-0.1, -0.05) is 18.1 Å². The molecule has 4 aliphatic rings. The Morgan fingerprint density at radius 2 is 1.84 bits per heavy atom. The maximum atomic E-state index is 2.80. The second kappa shape index (κ2) is 4.37. The summed E-state index contributed by atoms with van der Waals surface area (Å²) in [7, 11) is 2.33. The van der Waals surface area contributed by atoms with Gasteiger partial charge in [-0.25, -0.2) is 0 Å². The van der Waals surface area contributed by atoms with E-state index < -0.39 is 0 Å². The largest absolute Gasteiger partial charge is 0.365 e. The maximum absolute atomic E-state index is 2.80. The van der Waals surface area contributed by atoms with E-state index in [9.17, 15) is 0 Å². The molecule has 4 heterocycles. The molecule has 0 aromatic carbocycles. The lowest BCUT2D eigenvalue weighted by atomic mass is 9.86. The summed E-state index contributed by atoms with van der Waals surface area (Å²) >= 11 is 0. The number of nitrogens with zero attached hydrogens (tertiary/aromatic N) is 2. The van der Waals surface area contributed by atoms with Crippen LogP contribution in [-0.4, -0.2) is 41.0 Å². The summed E-state index contributed by atoms with van der Waals surface area (Å²) in [6.45, 7) is 2.32. The minimum absolute atomic E-state index is 0.717. The van der Waals surface area contributed by atoms with Crippen LogP contribution in [0.1, 0.15) is 51.9 Å². The first-order valence-corrected chi connectivity index (χ1v) is 8.10. The van der Waals surface area contributed by atoms with E-state index in [2.05, 4.69) is 35.9 Å². The van der Waals surface area contributed by atoms with E-state index in [0.29, 0.717) is 12.1 Å². The molecule has 4 atom stereocenters. The van der Waals surface area contributed by atoms with Crippen LogP contribution in [0.5, 0.6) is 0 Å². The van der Waals surface area contributed by atoms with Gasteiger partial charge < -0.3 is 4.90 Å². The summed E-state index contributed by atoms with van der Waals surface area (Å²) in [5.41, 5.74) is 3.31.